The molecular weight excluding hydrogens is 322 g/mol. The van der Waals surface area contributed by atoms with E-state index in [-0.39, 0.29) is 5.78 Å². The van der Waals surface area contributed by atoms with Gasteiger partial charge in [0.1, 0.15) is 12.4 Å². The molecule has 0 saturated carbocycles. The van der Waals surface area contributed by atoms with Gasteiger partial charge in [-0.05, 0) is 36.2 Å². The number of nitrogens with zero attached hydrogens (tertiary/aromatic N) is 1. The van der Waals surface area contributed by atoms with Gasteiger partial charge in [-0.3, -0.25) is 4.79 Å². The van der Waals surface area contributed by atoms with Crippen molar-refractivity contribution in [3.8, 4) is 0 Å². The Kier molecular flexibility index (Phi) is 4.64. The fraction of sp³-hybridized carbons (Fsp3) is 0.348. The largest absolute Gasteiger partial charge is 0.487 e. The summed E-state index contributed by atoms with van der Waals surface area (Å²) in [4.78, 5) is 15.0. The van der Waals surface area contributed by atoms with Crippen LogP contribution in [0.25, 0.3) is 11.3 Å². The summed E-state index contributed by atoms with van der Waals surface area (Å²) in [5, 5.41) is 0. The molecular formula is C23H25NO2. The number of hydrogen-bond acceptors (Lipinski definition) is 3. The quantitative estimate of drug-likeness (QED) is 0.763. The van der Waals surface area contributed by atoms with Crippen molar-refractivity contribution in [2.75, 3.05) is 19.6 Å². The monoisotopic (exact) mass is 347 g/mol. The van der Waals surface area contributed by atoms with Crippen molar-refractivity contribution in [3.63, 3.8) is 0 Å². The second-order valence-corrected chi connectivity index (χ2v) is 7.02. The molecule has 1 heterocycles. The molecule has 0 aromatic heterocycles. The maximum atomic E-state index is 12.6. The molecule has 0 amide bonds. The van der Waals surface area contributed by atoms with Gasteiger partial charge in [0, 0.05) is 24.1 Å². The Bertz CT molecular complexity index is 878. The number of ketones is 1. The fourth-order valence-electron chi connectivity index (χ4n) is 3.98. The van der Waals surface area contributed by atoms with E-state index in [0.29, 0.717) is 13.0 Å². The molecule has 0 radical (unpaired) electrons. The van der Waals surface area contributed by atoms with Crippen LogP contribution in [-0.4, -0.2) is 30.3 Å². The minimum absolute atomic E-state index is 0.166. The van der Waals surface area contributed by atoms with Gasteiger partial charge in [-0.25, -0.2) is 0 Å². The molecule has 0 saturated heterocycles. The Morgan fingerprint density at radius 3 is 2.62 bits per heavy atom. The summed E-state index contributed by atoms with van der Waals surface area (Å²) in [5.41, 5.74) is 6.51. The van der Waals surface area contributed by atoms with E-state index in [4.69, 9.17) is 4.74 Å². The third-order valence-corrected chi connectivity index (χ3v) is 5.54. The van der Waals surface area contributed by atoms with Gasteiger partial charge >= 0.3 is 0 Å². The van der Waals surface area contributed by atoms with E-state index >= 15 is 0 Å². The van der Waals surface area contributed by atoms with Crippen LogP contribution in [0.1, 0.15) is 41.7 Å². The fourth-order valence-corrected chi connectivity index (χ4v) is 3.98. The first-order chi connectivity index (χ1) is 12.7. The Hall–Kier alpha value is -2.39. The van der Waals surface area contributed by atoms with Crippen LogP contribution in [0, 0.1) is 0 Å². The van der Waals surface area contributed by atoms with Crippen molar-refractivity contribution in [1.29, 1.82) is 0 Å². The number of carbonyl (C=O) groups excluding carboxylic acids is 1. The Morgan fingerprint density at radius 1 is 1.00 bits per heavy atom. The summed E-state index contributed by atoms with van der Waals surface area (Å²) >= 11 is 0. The molecule has 1 aliphatic carbocycles. The van der Waals surface area contributed by atoms with Gasteiger partial charge in [-0.15, -0.1) is 0 Å². The predicted molar refractivity (Wildman–Crippen MR) is 105 cm³/mol. The van der Waals surface area contributed by atoms with Crippen LogP contribution in [0.4, 0.5) is 0 Å². The third kappa shape index (κ3) is 2.97. The van der Waals surface area contributed by atoms with Crippen LogP contribution in [0.15, 0.2) is 42.5 Å². The van der Waals surface area contributed by atoms with E-state index in [0.717, 1.165) is 54.1 Å². The van der Waals surface area contributed by atoms with E-state index in [1.807, 2.05) is 24.3 Å². The van der Waals surface area contributed by atoms with Gasteiger partial charge < -0.3 is 9.64 Å². The number of hydrogen-bond donors (Lipinski definition) is 0. The summed E-state index contributed by atoms with van der Waals surface area (Å²) in [6.45, 7) is 8.21. The van der Waals surface area contributed by atoms with Crippen molar-refractivity contribution in [2.45, 2.75) is 33.3 Å². The SMILES string of the molecule is CCN(CC)CCc1ccc2c(c1)CO/C2=C1/C(=O)Cc2ccccc21. The van der Waals surface area contributed by atoms with Crippen LogP contribution in [-0.2, 0) is 29.0 Å². The zero-order valence-electron chi connectivity index (χ0n) is 15.5. The molecule has 0 atom stereocenters. The zero-order chi connectivity index (χ0) is 18.1. The zero-order valence-corrected chi connectivity index (χ0v) is 15.5. The van der Waals surface area contributed by atoms with Crippen molar-refractivity contribution in [1.82, 2.24) is 4.90 Å². The molecule has 0 unspecified atom stereocenters. The lowest BCUT2D eigenvalue weighted by atomic mass is 9.98. The molecule has 134 valence electrons. The van der Waals surface area contributed by atoms with E-state index in [9.17, 15) is 4.79 Å². The number of allylic oxidation sites excluding steroid dienone is 1. The van der Waals surface area contributed by atoms with Crippen molar-refractivity contribution < 1.29 is 9.53 Å². The Labute approximate surface area is 155 Å². The molecule has 3 nitrogen and oxygen atoms in total. The van der Waals surface area contributed by atoms with Crippen molar-refractivity contribution in [3.05, 3.63) is 70.3 Å². The van der Waals surface area contributed by atoms with Crippen LogP contribution >= 0.6 is 0 Å². The number of likely N-dealkylation sites (N-methyl/N-ethyl adjacent to an activating group) is 1. The first kappa shape index (κ1) is 17.0. The lowest BCUT2D eigenvalue weighted by Gasteiger charge is -2.17. The van der Waals surface area contributed by atoms with E-state index < -0.39 is 0 Å². The molecule has 2 aromatic carbocycles. The van der Waals surface area contributed by atoms with Gasteiger partial charge in [0.25, 0.3) is 0 Å². The first-order valence-electron chi connectivity index (χ1n) is 9.54. The molecule has 1 aliphatic heterocycles. The van der Waals surface area contributed by atoms with Crippen LogP contribution in [0.2, 0.25) is 0 Å². The Morgan fingerprint density at radius 2 is 1.81 bits per heavy atom. The lowest BCUT2D eigenvalue weighted by Crippen LogP contribution is -2.25. The van der Waals surface area contributed by atoms with Gasteiger partial charge in [0.2, 0.25) is 0 Å². The molecule has 0 bridgehead atoms. The van der Waals surface area contributed by atoms with E-state index in [1.54, 1.807) is 0 Å². The van der Waals surface area contributed by atoms with Gasteiger partial charge in [-0.2, -0.15) is 0 Å². The van der Waals surface area contributed by atoms with Crippen LogP contribution in [0.5, 0.6) is 0 Å². The number of rotatable bonds is 5. The van der Waals surface area contributed by atoms with Crippen LogP contribution in [0.3, 0.4) is 0 Å². The van der Waals surface area contributed by atoms with E-state index in [1.165, 1.54) is 11.1 Å². The highest BCUT2D eigenvalue weighted by atomic mass is 16.5. The summed E-state index contributed by atoms with van der Waals surface area (Å²) in [6.07, 6.45) is 1.53. The highest BCUT2D eigenvalue weighted by Gasteiger charge is 2.32. The topological polar surface area (TPSA) is 29.5 Å². The summed E-state index contributed by atoms with van der Waals surface area (Å²) < 4.78 is 6.01. The summed E-state index contributed by atoms with van der Waals surface area (Å²) in [7, 11) is 0. The average Bonchev–Trinajstić information content (AvgIpc) is 3.21. The van der Waals surface area contributed by atoms with E-state index in [2.05, 4.69) is 36.9 Å². The second kappa shape index (κ2) is 7.08. The maximum absolute atomic E-state index is 12.6. The highest BCUT2D eigenvalue weighted by molar-refractivity contribution is 6.31. The molecule has 0 N–H and O–H groups in total. The van der Waals surface area contributed by atoms with Crippen molar-refractivity contribution >= 4 is 17.1 Å². The molecule has 3 heteroatoms. The maximum Gasteiger partial charge on any atom is 0.171 e. The highest BCUT2D eigenvalue weighted by Crippen LogP contribution is 2.40. The smallest absolute Gasteiger partial charge is 0.171 e. The van der Waals surface area contributed by atoms with Gasteiger partial charge in [-0.1, -0.05) is 56.3 Å². The third-order valence-electron chi connectivity index (χ3n) is 5.54. The molecule has 2 aliphatic rings. The molecule has 2 aromatic rings. The van der Waals surface area contributed by atoms with Crippen LogP contribution < -0.4 is 0 Å². The number of Topliss-reactive ketones (excluding diaryl/α,β-unsaturated/α-hetero) is 1. The number of benzene rings is 2. The van der Waals surface area contributed by atoms with Gasteiger partial charge in [0.15, 0.2) is 5.78 Å². The number of carbonyl (C=O) groups is 1. The number of ether oxygens (including phenoxy) is 1. The normalized spacial score (nSPS) is 18.2. The Balaban J connectivity index is 1.64. The lowest BCUT2D eigenvalue weighted by molar-refractivity contribution is -0.112. The van der Waals surface area contributed by atoms with Gasteiger partial charge in [0.05, 0.1) is 5.57 Å². The minimum Gasteiger partial charge on any atom is -0.487 e. The molecule has 4 rings (SSSR count). The summed E-state index contributed by atoms with van der Waals surface area (Å²) in [6, 6.07) is 14.6. The minimum atomic E-state index is 0.166. The predicted octanol–water partition coefficient (Wildman–Crippen LogP) is 4.09. The molecule has 0 spiro atoms. The number of fused-ring (bicyclic) bond motifs is 2. The second-order valence-electron chi connectivity index (χ2n) is 7.02. The summed E-state index contributed by atoms with van der Waals surface area (Å²) in [5.74, 6) is 0.935. The standard InChI is InChI=1S/C23H25NO2/c1-3-24(4-2)12-11-16-9-10-20-18(13-16)15-26-23(20)22-19-8-6-5-7-17(19)14-21(22)25/h5-10,13H,3-4,11-12,14-15H2,1-2H3/b23-22+. The average molecular weight is 347 g/mol. The first-order valence-corrected chi connectivity index (χ1v) is 9.54. The molecule has 26 heavy (non-hydrogen) atoms. The van der Waals surface area contributed by atoms with Crippen molar-refractivity contribution in [2.24, 2.45) is 0 Å². The molecule has 0 fully saturated rings.